The van der Waals surface area contributed by atoms with Crippen LogP contribution in [0.15, 0.2) is 0 Å². The molecule has 83 heavy (non-hydrogen) atoms. The SMILES string of the molecule is C.C.C.C.C.C.C.C.CC(O)COC(=O)C1CC2CC1C(C)C2C.CC1C(C)C2CC1C1C3CC(C(=O)OC(C)(C)C)C(C3)C21.CC1C(C)C2CC1C1C3CC(C(=O)OC4CCOC4=O)C(C3)C21.CC1C(C)C2CC1C1C3CC(O)C(C3)C21. The molecule has 2 N–H and O–H groups in total. The zero-order valence-electron chi connectivity index (χ0n) is 48.2. The van der Waals surface area contributed by atoms with Crippen molar-refractivity contribution in [2.45, 2.75) is 243 Å². The van der Waals surface area contributed by atoms with Crippen molar-refractivity contribution >= 4 is 23.9 Å². The lowest BCUT2D eigenvalue weighted by Gasteiger charge is -2.43. The van der Waals surface area contributed by atoms with Gasteiger partial charge in [0.05, 0.1) is 36.6 Å². The van der Waals surface area contributed by atoms with E-state index in [0.29, 0.717) is 48.5 Å². The third-order valence-corrected chi connectivity index (χ3v) is 27.3. The van der Waals surface area contributed by atoms with Crippen LogP contribution >= 0.6 is 0 Å². The molecule has 1 heterocycles. The van der Waals surface area contributed by atoms with E-state index in [1.165, 1.54) is 44.9 Å². The van der Waals surface area contributed by atoms with Crippen molar-refractivity contribution < 1.29 is 48.3 Å². The molecule has 0 aromatic rings. The van der Waals surface area contributed by atoms with Gasteiger partial charge in [-0.1, -0.05) is 115 Å². The summed E-state index contributed by atoms with van der Waals surface area (Å²) < 4.78 is 21.3. The third kappa shape index (κ3) is 11.9. The van der Waals surface area contributed by atoms with Gasteiger partial charge in [-0.3, -0.25) is 14.4 Å². The van der Waals surface area contributed by atoms with Crippen molar-refractivity contribution in [3.63, 3.8) is 0 Å². The number of esters is 4. The first-order valence-corrected chi connectivity index (χ1v) is 31.6. The summed E-state index contributed by atoms with van der Waals surface area (Å²) in [5.74, 6) is 23.1. The summed E-state index contributed by atoms with van der Waals surface area (Å²) in [5, 5.41) is 19.1. The highest BCUT2D eigenvalue weighted by Crippen LogP contribution is 2.74. The molecule has 15 rings (SSSR count). The van der Waals surface area contributed by atoms with Gasteiger partial charge in [0, 0.05) is 6.42 Å². The fourth-order valence-electron chi connectivity index (χ4n) is 23.9. The molecule has 484 valence electrons. The van der Waals surface area contributed by atoms with Crippen molar-refractivity contribution in [3.8, 4) is 0 Å². The molecule has 1 saturated heterocycles. The Morgan fingerprint density at radius 1 is 0.470 bits per heavy atom. The van der Waals surface area contributed by atoms with Crippen molar-refractivity contribution in [2.75, 3.05) is 13.2 Å². The third-order valence-electron chi connectivity index (χ3n) is 27.3. The van der Waals surface area contributed by atoms with E-state index in [9.17, 15) is 24.3 Å². The van der Waals surface area contributed by atoms with Gasteiger partial charge in [-0.15, -0.1) is 0 Å². The van der Waals surface area contributed by atoms with Crippen LogP contribution < -0.4 is 0 Å². The standard InChI is InChI=1S/C19H26O4.C19H30O2.C14H22O.C13H22O3.8CH4/c1-8-9(2)12-7-11(8)16-10-5-13(17(12)16)14(6-10)18(20)23-15-3-4-22-19(15)21;1-9-10(2)13-8-12(9)16-11-6-14(17(13)16)15(7-11)18(20)21-19(3,4)5;1-6-7(2)10-5-9(6)13-8-3-11(14(10)13)12(15)4-8;1-7(14)6-16-13(15)12-5-10-4-11(12)9(3)8(10)2;;;;;;;;/h8-17H,3-7H2,1-2H3;9-17H,6-8H2,1-5H3;6-15H,3-5H2,1-2H3;7-12,14H,4-6H2,1-3H3;8*1H4. The predicted molar refractivity (Wildman–Crippen MR) is 338 cm³/mol. The maximum Gasteiger partial charge on any atom is 0.347 e. The fraction of sp³-hybridized carbons (Fsp3) is 0.945. The van der Waals surface area contributed by atoms with Gasteiger partial charge >= 0.3 is 23.9 Å². The van der Waals surface area contributed by atoms with Crippen LogP contribution in [0.3, 0.4) is 0 Å². The van der Waals surface area contributed by atoms with Crippen LogP contribution in [0.4, 0.5) is 0 Å². The number of ether oxygens (including phenoxy) is 4. The molecular formula is C73H132O10. The number of aliphatic hydroxyl groups excluding tert-OH is 2. The zero-order chi connectivity index (χ0) is 53.2. The monoisotopic (exact) mass is 1170 g/mol. The van der Waals surface area contributed by atoms with Crippen LogP contribution in [0.1, 0.15) is 220 Å². The topological polar surface area (TPSA) is 146 Å². The Labute approximate surface area is 510 Å². The molecule has 0 amide bonds. The molecule has 15 fully saturated rings. The first kappa shape index (κ1) is 73.3. The lowest BCUT2D eigenvalue weighted by Crippen LogP contribution is -2.42. The quantitative estimate of drug-likeness (QED) is 0.150. The summed E-state index contributed by atoms with van der Waals surface area (Å²) in [7, 11) is 0. The predicted octanol–water partition coefficient (Wildman–Crippen LogP) is 16.3. The molecular weight excluding hydrogens is 1040 g/mol. The highest BCUT2D eigenvalue weighted by atomic mass is 16.6. The molecule has 0 radical (unpaired) electrons. The van der Waals surface area contributed by atoms with Gasteiger partial charge in [-0.2, -0.15) is 0 Å². The minimum atomic E-state index is -0.642. The molecule has 34 unspecified atom stereocenters. The molecule has 14 aliphatic carbocycles. The molecule has 0 spiro atoms. The fourth-order valence-corrected chi connectivity index (χ4v) is 23.9. The maximum absolute atomic E-state index is 12.6. The highest BCUT2D eigenvalue weighted by Gasteiger charge is 2.69. The minimum absolute atomic E-state index is 0. The molecule has 10 heteroatoms. The van der Waals surface area contributed by atoms with Crippen LogP contribution in [-0.2, 0) is 38.1 Å². The molecule has 14 saturated carbocycles. The van der Waals surface area contributed by atoms with Crippen molar-refractivity contribution in [1.82, 2.24) is 0 Å². The number of hydrogen-bond donors (Lipinski definition) is 2. The lowest BCUT2D eigenvalue weighted by molar-refractivity contribution is -0.166. The van der Waals surface area contributed by atoms with Gasteiger partial charge in [-0.25, -0.2) is 4.79 Å². The number of fused-ring (bicyclic) bond motifs is 29. The second-order valence-electron chi connectivity index (χ2n) is 30.9. The summed E-state index contributed by atoms with van der Waals surface area (Å²) in [6, 6.07) is 0. The van der Waals surface area contributed by atoms with E-state index in [2.05, 4.69) is 55.4 Å². The molecule has 10 nitrogen and oxygen atoms in total. The summed E-state index contributed by atoms with van der Waals surface area (Å²) >= 11 is 0. The summed E-state index contributed by atoms with van der Waals surface area (Å²) in [5.41, 5.74) is -0.338. The summed E-state index contributed by atoms with van der Waals surface area (Å²) in [4.78, 5) is 48.6. The number of cyclic esters (lactones) is 1. The molecule has 1 aliphatic heterocycles. The normalized spacial score (nSPS) is 50.2. The van der Waals surface area contributed by atoms with Gasteiger partial charge in [-0.05, 0) is 264 Å². The smallest absolute Gasteiger partial charge is 0.347 e. The van der Waals surface area contributed by atoms with E-state index in [1.54, 1.807) is 6.92 Å². The Bertz CT molecular complexity index is 2180. The molecule has 0 aromatic carbocycles. The van der Waals surface area contributed by atoms with E-state index in [4.69, 9.17) is 24.1 Å². The second kappa shape index (κ2) is 26.9. The molecule has 14 bridgehead atoms. The lowest BCUT2D eigenvalue weighted by atomic mass is 9.62. The Balaban J connectivity index is 0.000000233. The number of aliphatic hydroxyl groups is 2. The maximum atomic E-state index is 12.6. The van der Waals surface area contributed by atoms with Crippen LogP contribution in [0.5, 0.6) is 0 Å². The van der Waals surface area contributed by atoms with E-state index < -0.39 is 12.2 Å². The van der Waals surface area contributed by atoms with E-state index in [-0.39, 0.29) is 119 Å². The minimum Gasteiger partial charge on any atom is -0.463 e. The molecule has 34 atom stereocenters. The van der Waals surface area contributed by atoms with Crippen LogP contribution in [-0.4, -0.2) is 71.2 Å². The number of carbonyl (C=O) groups is 4. The average molecular weight is 1170 g/mol. The Morgan fingerprint density at radius 2 is 0.831 bits per heavy atom. The Kier molecular flexibility index (Phi) is 23.7. The van der Waals surface area contributed by atoms with Gasteiger partial charge < -0.3 is 29.2 Å². The summed E-state index contributed by atoms with van der Waals surface area (Å²) in [6.07, 6.45) is 13.1. The van der Waals surface area contributed by atoms with Gasteiger partial charge in [0.1, 0.15) is 12.2 Å². The Hall–Kier alpha value is -2.20. The molecule has 15 aliphatic rings. The van der Waals surface area contributed by atoms with Crippen molar-refractivity contribution in [3.05, 3.63) is 0 Å². The second-order valence-corrected chi connectivity index (χ2v) is 30.9. The molecule has 0 aromatic heterocycles. The summed E-state index contributed by atoms with van der Waals surface area (Å²) in [6.45, 7) is 27.4. The number of rotatable bonds is 6. The van der Waals surface area contributed by atoms with Crippen molar-refractivity contribution in [1.29, 1.82) is 0 Å². The van der Waals surface area contributed by atoms with E-state index >= 15 is 0 Å². The first-order valence-electron chi connectivity index (χ1n) is 31.6. The van der Waals surface area contributed by atoms with E-state index in [1.807, 2.05) is 20.8 Å². The van der Waals surface area contributed by atoms with Gasteiger partial charge in [0.25, 0.3) is 0 Å². The van der Waals surface area contributed by atoms with Crippen LogP contribution in [0.2, 0.25) is 0 Å². The van der Waals surface area contributed by atoms with Gasteiger partial charge in [0.2, 0.25) is 6.10 Å². The zero-order valence-corrected chi connectivity index (χ0v) is 48.2. The van der Waals surface area contributed by atoms with E-state index in [0.717, 1.165) is 156 Å². The van der Waals surface area contributed by atoms with Crippen LogP contribution in [0.25, 0.3) is 0 Å². The highest BCUT2D eigenvalue weighted by molar-refractivity contribution is 5.82. The van der Waals surface area contributed by atoms with Crippen molar-refractivity contribution in [2.24, 2.45) is 183 Å². The number of carbonyl (C=O) groups excluding carboxylic acids is 4. The average Bonchev–Trinajstić information content (AvgIpc) is 2.12. The number of hydrogen-bond acceptors (Lipinski definition) is 10. The van der Waals surface area contributed by atoms with Crippen LogP contribution in [0, 0.1) is 183 Å². The Morgan fingerprint density at radius 3 is 1.23 bits per heavy atom. The largest absolute Gasteiger partial charge is 0.463 e. The van der Waals surface area contributed by atoms with Gasteiger partial charge in [0.15, 0.2) is 0 Å². The first-order chi connectivity index (χ1) is 35.5.